The van der Waals surface area contributed by atoms with E-state index in [0.717, 1.165) is 65.9 Å². The fraction of sp³-hybridized carbons (Fsp3) is 0.522. The summed E-state index contributed by atoms with van der Waals surface area (Å²) in [5.41, 5.74) is 3.57. The number of hydrogen-bond donors (Lipinski definition) is 0. The second-order valence-electron chi connectivity index (χ2n) is 8.39. The van der Waals surface area contributed by atoms with Gasteiger partial charge in [-0.25, -0.2) is 4.98 Å². The third-order valence-electron chi connectivity index (χ3n) is 5.68. The van der Waals surface area contributed by atoms with Gasteiger partial charge < -0.3 is 4.74 Å². The average molecular weight is 442 g/mol. The molecule has 166 valence electrons. The van der Waals surface area contributed by atoms with Gasteiger partial charge in [-0.2, -0.15) is 5.10 Å². The molecule has 0 unspecified atom stereocenters. The molecule has 4 rings (SSSR count). The summed E-state index contributed by atoms with van der Waals surface area (Å²) in [5.74, 6) is -0.0822. The highest BCUT2D eigenvalue weighted by atomic mass is 32.1. The van der Waals surface area contributed by atoms with E-state index in [0.29, 0.717) is 12.2 Å². The van der Waals surface area contributed by atoms with Crippen LogP contribution in [-0.4, -0.2) is 65.0 Å². The van der Waals surface area contributed by atoms with Crippen molar-refractivity contribution in [2.45, 2.75) is 40.2 Å². The summed E-state index contributed by atoms with van der Waals surface area (Å²) < 4.78 is 8.45. The van der Waals surface area contributed by atoms with E-state index < -0.39 is 0 Å². The number of thiazole rings is 1. The molecule has 0 N–H and O–H groups in total. The molecule has 0 saturated carbocycles. The Morgan fingerprint density at radius 2 is 2.03 bits per heavy atom. The Labute approximate surface area is 187 Å². The van der Waals surface area contributed by atoms with Crippen LogP contribution in [0.5, 0.6) is 0 Å². The lowest BCUT2D eigenvalue weighted by Crippen LogP contribution is -2.39. The van der Waals surface area contributed by atoms with Crippen LogP contribution in [0.2, 0.25) is 0 Å². The molecular weight excluding hydrogens is 410 g/mol. The number of nitrogens with zero attached hydrogens (tertiary/aromatic N) is 5. The van der Waals surface area contributed by atoms with E-state index >= 15 is 0 Å². The first-order chi connectivity index (χ1) is 14.9. The van der Waals surface area contributed by atoms with E-state index in [2.05, 4.69) is 42.9 Å². The summed E-state index contributed by atoms with van der Waals surface area (Å²) in [4.78, 5) is 22.6. The predicted octanol–water partition coefficient (Wildman–Crippen LogP) is 4.06. The zero-order valence-corrected chi connectivity index (χ0v) is 19.6. The van der Waals surface area contributed by atoms with Crippen molar-refractivity contribution < 1.29 is 9.53 Å². The van der Waals surface area contributed by atoms with Crippen molar-refractivity contribution in [3.8, 4) is 0 Å². The van der Waals surface area contributed by atoms with Crippen LogP contribution < -0.4 is 4.90 Å². The Hall–Kier alpha value is -2.29. The Morgan fingerprint density at radius 1 is 1.26 bits per heavy atom. The van der Waals surface area contributed by atoms with E-state index in [1.165, 1.54) is 0 Å². The van der Waals surface area contributed by atoms with Gasteiger partial charge in [0.1, 0.15) is 0 Å². The lowest BCUT2D eigenvalue weighted by molar-refractivity contribution is 0.0376. The summed E-state index contributed by atoms with van der Waals surface area (Å²) in [7, 11) is 0. The number of benzene rings is 1. The quantitative estimate of drug-likeness (QED) is 0.553. The summed E-state index contributed by atoms with van der Waals surface area (Å²) >= 11 is 1.57. The molecular formula is C23H31N5O2S. The second kappa shape index (κ2) is 9.46. The summed E-state index contributed by atoms with van der Waals surface area (Å²) in [6.07, 6.45) is 0.879. The van der Waals surface area contributed by atoms with Gasteiger partial charge >= 0.3 is 0 Å². The van der Waals surface area contributed by atoms with Gasteiger partial charge in [0.15, 0.2) is 10.8 Å². The van der Waals surface area contributed by atoms with E-state index in [-0.39, 0.29) is 11.9 Å². The molecule has 7 nitrogen and oxygen atoms in total. The molecule has 1 aliphatic rings. The molecule has 1 aromatic carbocycles. The number of hydrogen-bond acceptors (Lipinski definition) is 6. The maximum absolute atomic E-state index is 13.6. The minimum Gasteiger partial charge on any atom is -0.379 e. The van der Waals surface area contributed by atoms with E-state index in [9.17, 15) is 4.79 Å². The maximum Gasteiger partial charge on any atom is 0.280 e. The average Bonchev–Trinajstić information content (AvgIpc) is 3.36. The molecule has 1 saturated heterocycles. The molecule has 3 aromatic rings. The first-order valence-electron chi connectivity index (χ1n) is 11.0. The normalized spacial score (nSPS) is 15.1. The number of para-hydroxylation sites is 1. The van der Waals surface area contributed by atoms with Gasteiger partial charge in [-0.3, -0.25) is 19.3 Å². The summed E-state index contributed by atoms with van der Waals surface area (Å²) in [6.45, 7) is 13.2. The van der Waals surface area contributed by atoms with Gasteiger partial charge in [0.2, 0.25) is 0 Å². The Bertz CT molecular complexity index is 1050. The highest BCUT2D eigenvalue weighted by molar-refractivity contribution is 7.22. The fourth-order valence-electron chi connectivity index (χ4n) is 4.00. The third kappa shape index (κ3) is 4.81. The highest BCUT2D eigenvalue weighted by Crippen LogP contribution is 2.31. The molecule has 31 heavy (non-hydrogen) atoms. The van der Waals surface area contributed by atoms with Crippen LogP contribution in [0.25, 0.3) is 10.2 Å². The maximum atomic E-state index is 13.6. The smallest absolute Gasteiger partial charge is 0.280 e. The van der Waals surface area contributed by atoms with Gasteiger partial charge in [-0.15, -0.1) is 0 Å². The topological polar surface area (TPSA) is 63.5 Å². The van der Waals surface area contributed by atoms with Crippen LogP contribution in [0.15, 0.2) is 24.3 Å². The number of carbonyl (C=O) groups excluding carboxylic acids is 1. The second-order valence-corrected chi connectivity index (χ2v) is 9.40. The monoisotopic (exact) mass is 441 g/mol. The van der Waals surface area contributed by atoms with Crippen molar-refractivity contribution in [3.63, 3.8) is 0 Å². The SMILES string of the molecule is Cc1cccc2sc(N(CCCN3CCOCC3)C(=O)c3cc(C)n(C(C)C)n3)nc12. The molecule has 3 heterocycles. The van der Waals surface area contributed by atoms with Crippen molar-refractivity contribution >= 4 is 32.6 Å². The number of amides is 1. The first-order valence-corrected chi connectivity index (χ1v) is 11.8. The van der Waals surface area contributed by atoms with Gasteiger partial charge in [0.05, 0.1) is 23.4 Å². The van der Waals surface area contributed by atoms with Crippen molar-refractivity contribution in [1.82, 2.24) is 19.7 Å². The van der Waals surface area contributed by atoms with Crippen molar-refractivity contribution in [3.05, 3.63) is 41.2 Å². The third-order valence-corrected chi connectivity index (χ3v) is 6.72. The molecule has 0 spiro atoms. The van der Waals surface area contributed by atoms with Crippen LogP contribution in [0, 0.1) is 13.8 Å². The van der Waals surface area contributed by atoms with Crippen molar-refractivity contribution in [2.24, 2.45) is 0 Å². The first kappa shape index (κ1) is 21.9. The number of anilines is 1. The van der Waals surface area contributed by atoms with Crippen molar-refractivity contribution in [2.75, 3.05) is 44.3 Å². The molecule has 2 aromatic heterocycles. The van der Waals surface area contributed by atoms with Crippen LogP contribution >= 0.6 is 11.3 Å². The number of aryl methyl sites for hydroxylation is 2. The minimum absolute atomic E-state index is 0.0822. The Kier molecular flexibility index (Phi) is 6.69. The number of fused-ring (bicyclic) bond motifs is 1. The molecule has 1 amide bonds. The number of aromatic nitrogens is 3. The van der Waals surface area contributed by atoms with Gasteiger partial charge in [0.25, 0.3) is 5.91 Å². The molecule has 0 bridgehead atoms. The van der Waals surface area contributed by atoms with Crippen molar-refractivity contribution in [1.29, 1.82) is 0 Å². The molecule has 0 radical (unpaired) electrons. The van der Waals surface area contributed by atoms with Crippen LogP contribution in [0.4, 0.5) is 5.13 Å². The predicted molar refractivity (Wildman–Crippen MR) is 125 cm³/mol. The van der Waals surface area contributed by atoms with Crippen LogP contribution in [0.1, 0.15) is 48.1 Å². The largest absolute Gasteiger partial charge is 0.379 e. The Balaban J connectivity index is 1.60. The van der Waals surface area contributed by atoms with E-state index in [4.69, 9.17) is 9.72 Å². The zero-order valence-electron chi connectivity index (χ0n) is 18.8. The molecule has 0 aliphatic carbocycles. The lowest BCUT2D eigenvalue weighted by atomic mass is 10.2. The summed E-state index contributed by atoms with van der Waals surface area (Å²) in [5, 5.41) is 5.34. The fourth-order valence-corrected chi connectivity index (χ4v) is 5.07. The van der Waals surface area contributed by atoms with E-state index in [1.807, 2.05) is 28.6 Å². The summed E-state index contributed by atoms with van der Waals surface area (Å²) in [6, 6.07) is 8.26. The van der Waals surface area contributed by atoms with E-state index in [1.54, 1.807) is 11.3 Å². The highest BCUT2D eigenvalue weighted by Gasteiger charge is 2.25. The number of morpholine rings is 1. The van der Waals surface area contributed by atoms with Crippen LogP contribution in [-0.2, 0) is 4.74 Å². The molecule has 1 fully saturated rings. The Morgan fingerprint density at radius 3 is 2.71 bits per heavy atom. The minimum atomic E-state index is -0.0822. The van der Waals surface area contributed by atoms with Gasteiger partial charge in [0, 0.05) is 37.9 Å². The number of ether oxygens (including phenoxy) is 1. The molecule has 8 heteroatoms. The number of rotatable bonds is 7. The van der Waals surface area contributed by atoms with Gasteiger partial charge in [-0.05, 0) is 51.8 Å². The molecule has 1 aliphatic heterocycles. The lowest BCUT2D eigenvalue weighted by Gasteiger charge is -2.27. The number of carbonyl (C=O) groups is 1. The van der Waals surface area contributed by atoms with Crippen LogP contribution in [0.3, 0.4) is 0 Å². The zero-order chi connectivity index (χ0) is 22.0. The van der Waals surface area contributed by atoms with Gasteiger partial charge in [-0.1, -0.05) is 23.5 Å². The standard InChI is InChI=1S/C23H31N5O2S/c1-16(2)28-18(4)15-19(25-28)22(29)27(10-6-9-26-11-13-30-14-12-26)23-24-21-17(3)7-5-8-20(21)31-23/h5,7-8,15-16H,6,9-14H2,1-4H3. The molecule has 0 atom stereocenters.